The topological polar surface area (TPSA) is 95.0 Å². The number of benzene rings is 1. The molecular weight excluding hydrogens is 402 g/mol. The number of hydrogen-bond acceptors (Lipinski definition) is 6. The van der Waals surface area contributed by atoms with E-state index >= 15 is 0 Å². The van der Waals surface area contributed by atoms with E-state index in [-0.39, 0.29) is 17.6 Å². The minimum absolute atomic E-state index is 0.00419. The number of carbonyl (C=O) groups excluding carboxylic acids is 1. The van der Waals surface area contributed by atoms with Crippen molar-refractivity contribution in [2.75, 3.05) is 6.26 Å². The SMILES string of the molecule is CSc1ccccc1C(=O)NC1CCc2nn(Cc3c(C)noc3C)c(=O)n2CC1. The first-order chi connectivity index (χ1) is 14.5. The lowest BCUT2D eigenvalue weighted by molar-refractivity contribution is 0.0930. The molecule has 4 rings (SSSR count). The Kier molecular flexibility index (Phi) is 5.80. The normalized spacial score (nSPS) is 16.2. The maximum Gasteiger partial charge on any atom is 0.346 e. The third-order valence-electron chi connectivity index (χ3n) is 5.59. The van der Waals surface area contributed by atoms with Crippen molar-refractivity contribution in [1.29, 1.82) is 0 Å². The van der Waals surface area contributed by atoms with E-state index in [4.69, 9.17) is 4.52 Å². The largest absolute Gasteiger partial charge is 0.361 e. The van der Waals surface area contributed by atoms with Crippen LogP contribution in [0.2, 0.25) is 0 Å². The lowest BCUT2D eigenvalue weighted by Gasteiger charge is -2.17. The summed E-state index contributed by atoms with van der Waals surface area (Å²) >= 11 is 1.56. The molecule has 0 fully saturated rings. The molecule has 1 aliphatic heterocycles. The van der Waals surface area contributed by atoms with Crippen LogP contribution < -0.4 is 11.0 Å². The summed E-state index contributed by atoms with van der Waals surface area (Å²) in [4.78, 5) is 26.6. The Bertz CT molecular complexity index is 1110. The summed E-state index contributed by atoms with van der Waals surface area (Å²) in [5.41, 5.74) is 2.22. The fourth-order valence-electron chi connectivity index (χ4n) is 3.85. The fraction of sp³-hybridized carbons (Fsp3) is 0.429. The molecule has 1 aliphatic rings. The van der Waals surface area contributed by atoms with Gasteiger partial charge in [0.15, 0.2) is 0 Å². The monoisotopic (exact) mass is 427 g/mol. The minimum Gasteiger partial charge on any atom is -0.361 e. The molecule has 0 saturated heterocycles. The van der Waals surface area contributed by atoms with E-state index in [1.807, 2.05) is 44.4 Å². The molecule has 0 spiro atoms. The Morgan fingerprint density at radius 2 is 2.10 bits per heavy atom. The average molecular weight is 428 g/mol. The number of carbonyl (C=O) groups is 1. The molecule has 9 heteroatoms. The van der Waals surface area contributed by atoms with Gasteiger partial charge in [0.25, 0.3) is 5.91 Å². The molecule has 3 heterocycles. The first-order valence-corrected chi connectivity index (χ1v) is 11.2. The van der Waals surface area contributed by atoms with Crippen molar-refractivity contribution in [1.82, 2.24) is 24.8 Å². The second kappa shape index (κ2) is 8.51. The zero-order valence-electron chi connectivity index (χ0n) is 17.3. The van der Waals surface area contributed by atoms with Crippen LogP contribution in [0.15, 0.2) is 38.5 Å². The maximum absolute atomic E-state index is 12.9. The van der Waals surface area contributed by atoms with Gasteiger partial charge >= 0.3 is 5.69 Å². The van der Waals surface area contributed by atoms with Crippen LogP contribution in [0.25, 0.3) is 0 Å². The molecule has 158 valence electrons. The summed E-state index contributed by atoms with van der Waals surface area (Å²) in [6.07, 6.45) is 4.04. The highest BCUT2D eigenvalue weighted by atomic mass is 32.2. The van der Waals surface area contributed by atoms with Crippen LogP contribution in [0.3, 0.4) is 0 Å². The lowest BCUT2D eigenvalue weighted by atomic mass is 10.1. The molecule has 8 nitrogen and oxygen atoms in total. The summed E-state index contributed by atoms with van der Waals surface area (Å²) < 4.78 is 8.40. The van der Waals surface area contributed by atoms with Gasteiger partial charge in [-0.25, -0.2) is 9.48 Å². The maximum atomic E-state index is 12.9. The van der Waals surface area contributed by atoms with Crippen LogP contribution in [0, 0.1) is 13.8 Å². The van der Waals surface area contributed by atoms with Crippen molar-refractivity contribution in [3.05, 3.63) is 63.2 Å². The van der Waals surface area contributed by atoms with Crippen molar-refractivity contribution >= 4 is 17.7 Å². The molecule has 1 aromatic carbocycles. The lowest BCUT2D eigenvalue weighted by Crippen LogP contribution is -2.36. The highest BCUT2D eigenvalue weighted by Crippen LogP contribution is 2.21. The predicted molar refractivity (Wildman–Crippen MR) is 114 cm³/mol. The smallest absolute Gasteiger partial charge is 0.346 e. The number of amides is 1. The fourth-order valence-corrected chi connectivity index (χ4v) is 4.44. The van der Waals surface area contributed by atoms with Crippen molar-refractivity contribution in [2.45, 2.75) is 57.1 Å². The van der Waals surface area contributed by atoms with Gasteiger partial charge < -0.3 is 9.84 Å². The van der Waals surface area contributed by atoms with Crippen LogP contribution in [-0.4, -0.2) is 37.7 Å². The van der Waals surface area contributed by atoms with E-state index < -0.39 is 0 Å². The molecule has 3 aromatic rings. The van der Waals surface area contributed by atoms with Gasteiger partial charge in [0.1, 0.15) is 11.6 Å². The van der Waals surface area contributed by atoms with Crippen LogP contribution in [0.1, 0.15) is 46.0 Å². The number of nitrogens with zero attached hydrogens (tertiary/aromatic N) is 4. The first-order valence-electron chi connectivity index (χ1n) is 10.00. The summed E-state index contributed by atoms with van der Waals surface area (Å²) in [7, 11) is 0. The van der Waals surface area contributed by atoms with E-state index in [9.17, 15) is 9.59 Å². The van der Waals surface area contributed by atoms with Gasteiger partial charge in [-0.15, -0.1) is 11.8 Å². The quantitative estimate of drug-likeness (QED) is 0.629. The average Bonchev–Trinajstić information content (AvgIpc) is 3.13. The van der Waals surface area contributed by atoms with Crippen LogP contribution >= 0.6 is 11.8 Å². The molecular formula is C21H25N5O3S. The third kappa shape index (κ3) is 3.94. The molecule has 1 N–H and O–H groups in total. The molecule has 1 unspecified atom stereocenters. The number of nitrogens with one attached hydrogen (secondary N) is 1. The van der Waals surface area contributed by atoms with E-state index in [2.05, 4.69) is 15.6 Å². The van der Waals surface area contributed by atoms with Gasteiger partial charge in [-0.2, -0.15) is 5.10 Å². The Morgan fingerprint density at radius 1 is 1.30 bits per heavy atom. The van der Waals surface area contributed by atoms with Crippen LogP contribution in [-0.2, 0) is 19.5 Å². The molecule has 0 saturated carbocycles. The van der Waals surface area contributed by atoms with E-state index in [0.29, 0.717) is 37.3 Å². The molecule has 1 atom stereocenters. The van der Waals surface area contributed by atoms with Crippen molar-refractivity contribution < 1.29 is 9.32 Å². The van der Waals surface area contributed by atoms with E-state index in [0.717, 1.165) is 28.4 Å². The van der Waals surface area contributed by atoms with Gasteiger partial charge in [-0.05, 0) is 45.1 Å². The summed E-state index contributed by atoms with van der Waals surface area (Å²) in [5, 5.41) is 11.6. The Labute approximate surface area is 178 Å². The number of hydrogen-bond donors (Lipinski definition) is 1. The summed E-state index contributed by atoms with van der Waals surface area (Å²) in [5.74, 6) is 1.39. The summed E-state index contributed by atoms with van der Waals surface area (Å²) in [6.45, 7) is 4.58. The molecule has 1 amide bonds. The molecule has 2 aromatic heterocycles. The number of aryl methyl sites for hydroxylation is 3. The molecule has 30 heavy (non-hydrogen) atoms. The summed E-state index contributed by atoms with van der Waals surface area (Å²) in [6, 6.07) is 7.60. The number of fused-ring (bicyclic) bond motifs is 1. The third-order valence-corrected chi connectivity index (χ3v) is 6.39. The molecule has 0 radical (unpaired) electrons. The van der Waals surface area contributed by atoms with Crippen molar-refractivity contribution in [3.8, 4) is 0 Å². The first kappa shape index (κ1) is 20.5. The molecule has 0 bridgehead atoms. The second-order valence-electron chi connectivity index (χ2n) is 7.51. The zero-order chi connectivity index (χ0) is 21.3. The van der Waals surface area contributed by atoms with Crippen LogP contribution in [0.4, 0.5) is 0 Å². The number of rotatable bonds is 5. The van der Waals surface area contributed by atoms with Crippen molar-refractivity contribution in [3.63, 3.8) is 0 Å². The zero-order valence-corrected chi connectivity index (χ0v) is 18.2. The van der Waals surface area contributed by atoms with Crippen LogP contribution in [0.5, 0.6) is 0 Å². The van der Waals surface area contributed by atoms with E-state index in [1.165, 1.54) is 4.68 Å². The van der Waals surface area contributed by atoms with Gasteiger partial charge in [0.2, 0.25) is 0 Å². The van der Waals surface area contributed by atoms with Crippen molar-refractivity contribution in [2.24, 2.45) is 0 Å². The highest BCUT2D eigenvalue weighted by Gasteiger charge is 2.24. The molecule has 0 aliphatic carbocycles. The van der Waals surface area contributed by atoms with Gasteiger partial charge in [-0.1, -0.05) is 17.3 Å². The second-order valence-corrected chi connectivity index (χ2v) is 8.36. The predicted octanol–water partition coefficient (Wildman–Crippen LogP) is 2.55. The highest BCUT2D eigenvalue weighted by molar-refractivity contribution is 7.98. The number of thioether (sulfide) groups is 1. The Hall–Kier alpha value is -2.81. The number of aromatic nitrogens is 4. The minimum atomic E-state index is -0.135. The van der Waals surface area contributed by atoms with Gasteiger partial charge in [-0.3, -0.25) is 9.36 Å². The Balaban J connectivity index is 1.46. The Morgan fingerprint density at radius 3 is 2.83 bits per heavy atom. The standard InChI is InChI=1S/C21H25N5O3S/c1-13-17(14(2)29-24-13)12-26-21(28)25-11-10-15(8-9-19(25)23-26)22-20(27)16-6-4-5-7-18(16)30-3/h4-7,15H,8-12H2,1-3H3,(H,22,27). The van der Waals surface area contributed by atoms with Gasteiger partial charge in [0.05, 0.1) is 17.8 Å². The van der Waals surface area contributed by atoms with Gasteiger partial charge in [0, 0.05) is 29.5 Å². The van der Waals surface area contributed by atoms with E-state index in [1.54, 1.807) is 16.3 Å².